The highest BCUT2D eigenvalue weighted by Gasteiger charge is 2.23. The molecule has 1 N–H and O–H groups in total. The second-order valence-electron chi connectivity index (χ2n) is 6.19. The van der Waals surface area contributed by atoms with Crippen molar-refractivity contribution in [3.63, 3.8) is 0 Å². The highest BCUT2D eigenvalue weighted by atomic mass is 35.5. The number of carbonyl (C=O) groups is 1. The van der Waals surface area contributed by atoms with Gasteiger partial charge in [-0.3, -0.25) is 9.52 Å². The van der Waals surface area contributed by atoms with Crippen LogP contribution in [0, 0.1) is 0 Å². The number of anilines is 2. The highest BCUT2D eigenvalue weighted by molar-refractivity contribution is 7.92. The largest absolute Gasteiger partial charge is 0.367 e. The fraction of sp³-hybridized carbons (Fsp3) is 0.278. The Kier molecular flexibility index (Phi) is 5.38. The van der Waals surface area contributed by atoms with Crippen LogP contribution in [0.15, 0.2) is 48.5 Å². The summed E-state index contributed by atoms with van der Waals surface area (Å²) >= 11 is 6.33. The lowest BCUT2D eigenvalue weighted by atomic mass is 10.1. The summed E-state index contributed by atoms with van der Waals surface area (Å²) in [6.07, 6.45) is 1.10. The van der Waals surface area contributed by atoms with Crippen molar-refractivity contribution in [2.24, 2.45) is 0 Å². The third-order valence-corrected chi connectivity index (χ3v) is 5.09. The summed E-state index contributed by atoms with van der Waals surface area (Å²) < 4.78 is 25.0. The van der Waals surface area contributed by atoms with Crippen molar-refractivity contribution in [3.8, 4) is 0 Å². The van der Waals surface area contributed by atoms with E-state index in [0.717, 1.165) is 11.9 Å². The van der Waals surface area contributed by atoms with Crippen LogP contribution in [0.25, 0.3) is 0 Å². The molecule has 1 amide bonds. The van der Waals surface area contributed by atoms with Gasteiger partial charge in [0.25, 0.3) is 5.91 Å². The predicted molar refractivity (Wildman–Crippen MR) is 104 cm³/mol. The maximum absolute atomic E-state index is 12.5. The molecule has 1 saturated heterocycles. The lowest BCUT2D eigenvalue weighted by Gasteiger charge is -2.36. The summed E-state index contributed by atoms with van der Waals surface area (Å²) in [7, 11) is -3.34. The summed E-state index contributed by atoms with van der Waals surface area (Å²) in [4.78, 5) is 16.4. The van der Waals surface area contributed by atoms with Gasteiger partial charge in [0.1, 0.15) is 0 Å². The summed E-state index contributed by atoms with van der Waals surface area (Å²) in [5.41, 5.74) is 1.95. The molecule has 0 aliphatic carbocycles. The van der Waals surface area contributed by atoms with Crippen LogP contribution in [-0.2, 0) is 10.0 Å². The number of nitrogens with zero attached hydrogens (tertiary/aromatic N) is 2. The predicted octanol–water partition coefficient (Wildman–Crippen LogP) is 2.67. The molecule has 8 heteroatoms. The number of amides is 1. The second-order valence-corrected chi connectivity index (χ2v) is 8.34. The Labute approximate surface area is 158 Å². The van der Waals surface area contributed by atoms with E-state index in [1.54, 1.807) is 18.2 Å². The van der Waals surface area contributed by atoms with Crippen molar-refractivity contribution in [1.82, 2.24) is 4.90 Å². The molecule has 0 radical (unpaired) electrons. The van der Waals surface area contributed by atoms with Crippen LogP contribution >= 0.6 is 11.6 Å². The number of hydrogen-bond donors (Lipinski definition) is 1. The highest BCUT2D eigenvalue weighted by Crippen LogP contribution is 2.30. The molecule has 26 heavy (non-hydrogen) atoms. The Morgan fingerprint density at radius 2 is 1.69 bits per heavy atom. The van der Waals surface area contributed by atoms with E-state index in [1.165, 1.54) is 0 Å². The van der Waals surface area contributed by atoms with Crippen LogP contribution in [0.3, 0.4) is 0 Å². The van der Waals surface area contributed by atoms with E-state index in [4.69, 9.17) is 11.6 Å². The number of carbonyl (C=O) groups excluding carboxylic acids is 1. The van der Waals surface area contributed by atoms with E-state index in [2.05, 4.69) is 9.62 Å². The van der Waals surface area contributed by atoms with Crippen molar-refractivity contribution in [2.75, 3.05) is 42.1 Å². The molecule has 1 aliphatic rings. The van der Waals surface area contributed by atoms with Crippen molar-refractivity contribution in [1.29, 1.82) is 0 Å². The number of hydrogen-bond acceptors (Lipinski definition) is 4. The molecular formula is C18H20ClN3O3S. The summed E-state index contributed by atoms with van der Waals surface area (Å²) in [6, 6.07) is 14.3. The lowest BCUT2D eigenvalue weighted by molar-refractivity contribution is 0.0747. The Bertz CT molecular complexity index is 895. The van der Waals surface area contributed by atoms with E-state index in [1.807, 2.05) is 35.2 Å². The third-order valence-electron chi connectivity index (χ3n) is 4.18. The number of halogens is 1. The molecule has 2 aromatic carbocycles. The van der Waals surface area contributed by atoms with Crippen molar-refractivity contribution >= 4 is 38.9 Å². The van der Waals surface area contributed by atoms with Crippen LogP contribution in [-0.4, -0.2) is 51.7 Å². The van der Waals surface area contributed by atoms with Gasteiger partial charge >= 0.3 is 0 Å². The van der Waals surface area contributed by atoms with Gasteiger partial charge in [-0.25, -0.2) is 8.42 Å². The molecule has 0 bridgehead atoms. The SMILES string of the molecule is CS(=O)(=O)Nc1ccc(N2CCN(C(=O)c3ccccc3)CC2)c(Cl)c1. The first-order valence-electron chi connectivity index (χ1n) is 8.20. The van der Waals surface area contributed by atoms with Crippen molar-refractivity contribution in [3.05, 3.63) is 59.1 Å². The van der Waals surface area contributed by atoms with E-state index >= 15 is 0 Å². The fourth-order valence-corrected chi connectivity index (χ4v) is 3.81. The van der Waals surface area contributed by atoms with Gasteiger partial charge in [-0.05, 0) is 30.3 Å². The minimum Gasteiger partial charge on any atom is -0.367 e. The zero-order chi connectivity index (χ0) is 18.7. The van der Waals surface area contributed by atoms with Crippen LogP contribution in [0.2, 0.25) is 5.02 Å². The number of benzene rings is 2. The molecule has 2 aromatic rings. The zero-order valence-electron chi connectivity index (χ0n) is 14.4. The molecule has 0 saturated carbocycles. The minimum absolute atomic E-state index is 0.0315. The van der Waals surface area contributed by atoms with Gasteiger partial charge in [0.2, 0.25) is 10.0 Å². The first-order valence-corrected chi connectivity index (χ1v) is 10.5. The molecular weight excluding hydrogens is 374 g/mol. The summed E-state index contributed by atoms with van der Waals surface area (Å²) in [5.74, 6) is 0.0315. The van der Waals surface area contributed by atoms with E-state index < -0.39 is 10.0 Å². The van der Waals surface area contributed by atoms with Crippen LogP contribution in [0.4, 0.5) is 11.4 Å². The average molecular weight is 394 g/mol. The Balaban J connectivity index is 1.65. The van der Waals surface area contributed by atoms with Gasteiger partial charge in [0.15, 0.2) is 0 Å². The van der Waals surface area contributed by atoms with Gasteiger partial charge in [0, 0.05) is 31.7 Å². The molecule has 1 aliphatic heterocycles. The first-order chi connectivity index (χ1) is 12.3. The average Bonchev–Trinajstić information content (AvgIpc) is 2.61. The molecule has 1 fully saturated rings. The minimum atomic E-state index is -3.34. The fourth-order valence-electron chi connectivity index (χ4n) is 2.95. The summed E-state index contributed by atoms with van der Waals surface area (Å²) in [6.45, 7) is 2.54. The van der Waals surface area contributed by atoms with Crippen molar-refractivity contribution in [2.45, 2.75) is 0 Å². The molecule has 6 nitrogen and oxygen atoms in total. The zero-order valence-corrected chi connectivity index (χ0v) is 15.9. The van der Waals surface area contributed by atoms with Crippen molar-refractivity contribution < 1.29 is 13.2 Å². The normalized spacial score (nSPS) is 15.0. The number of rotatable bonds is 4. The standard InChI is InChI=1S/C18H20ClN3O3S/c1-26(24,25)20-15-7-8-17(16(19)13-15)21-9-11-22(12-10-21)18(23)14-5-3-2-4-6-14/h2-8,13,20H,9-12H2,1H3. The third kappa shape index (κ3) is 4.47. The van der Waals surface area contributed by atoms with Crippen LogP contribution in [0.1, 0.15) is 10.4 Å². The van der Waals surface area contributed by atoms with Gasteiger partial charge in [-0.2, -0.15) is 0 Å². The van der Waals surface area contributed by atoms with Gasteiger partial charge < -0.3 is 9.80 Å². The van der Waals surface area contributed by atoms with Gasteiger partial charge in [-0.15, -0.1) is 0 Å². The molecule has 0 aromatic heterocycles. The Morgan fingerprint density at radius 3 is 2.27 bits per heavy atom. The molecule has 0 unspecified atom stereocenters. The van der Waals surface area contributed by atoms with Crippen LogP contribution in [0.5, 0.6) is 0 Å². The Hall–Kier alpha value is -2.25. The molecule has 138 valence electrons. The monoisotopic (exact) mass is 393 g/mol. The first kappa shape index (κ1) is 18.5. The topological polar surface area (TPSA) is 69.7 Å². The van der Waals surface area contributed by atoms with Gasteiger partial charge in [-0.1, -0.05) is 29.8 Å². The van der Waals surface area contributed by atoms with Gasteiger partial charge in [0.05, 0.1) is 22.7 Å². The number of sulfonamides is 1. The molecule has 0 spiro atoms. The second kappa shape index (κ2) is 7.55. The molecule has 3 rings (SSSR count). The number of piperazine rings is 1. The number of nitrogens with one attached hydrogen (secondary N) is 1. The maximum atomic E-state index is 12.5. The smallest absolute Gasteiger partial charge is 0.253 e. The summed E-state index contributed by atoms with van der Waals surface area (Å²) in [5, 5.41) is 0.474. The van der Waals surface area contributed by atoms with E-state index in [9.17, 15) is 13.2 Å². The van der Waals surface area contributed by atoms with E-state index in [0.29, 0.717) is 42.5 Å². The maximum Gasteiger partial charge on any atom is 0.253 e. The molecule has 1 heterocycles. The molecule has 0 atom stereocenters. The van der Waals surface area contributed by atoms with Crippen LogP contribution < -0.4 is 9.62 Å². The quantitative estimate of drug-likeness (QED) is 0.867. The Morgan fingerprint density at radius 1 is 1.04 bits per heavy atom. The lowest BCUT2D eigenvalue weighted by Crippen LogP contribution is -2.48. The van der Waals surface area contributed by atoms with E-state index in [-0.39, 0.29) is 5.91 Å².